The molecule has 296 valence electrons. The molecule has 1 aliphatic heterocycles. The van der Waals surface area contributed by atoms with Gasteiger partial charge < -0.3 is 39.8 Å². The molecule has 1 aliphatic rings. The number of nitrogens with zero attached hydrogens (tertiary/aromatic N) is 4. The maximum atomic E-state index is 14.2. The van der Waals surface area contributed by atoms with Crippen LogP contribution >= 0.6 is 0 Å². The molecule has 0 bridgehead atoms. The third-order valence-electron chi connectivity index (χ3n) is 9.13. The van der Waals surface area contributed by atoms with Gasteiger partial charge in [0.1, 0.15) is 23.2 Å². The lowest BCUT2D eigenvalue weighted by atomic mass is 10.0. The molecule has 14 heteroatoms. The van der Waals surface area contributed by atoms with Crippen molar-refractivity contribution >= 4 is 41.1 Å². The number of alkyl carbamates (subject to hydrolysis) is 1. The van der Waals surface area contributed by atoms with Crippen LogP contribution in [0.4, 0.5) is 16.3 Å². The van der Waals surface area contributed by atoms with Crippen LogP contribution < -0.4 is 20.9 Å². The lowest BCUT2D eigenvalue weighted by Crippen LogP contribution is -2.59. The fraction of sp³-hybridized carbons (Fsp3) is 0.381. The van der Waals surface area contributed by atoms with E-state index in [0.29, 0.717) is 31.7 Å². The molecule has 2 heterocycles. The second-order valence-electron chi connectivity index (χ2n) is 15.2. The van der Waals surface area contributed by atoms with Gasteiger partial charge in [-0.05, 0) is 76.9 Å². The smallest absolute Gasteiger partial charge is 0.408 e. The SMILES string of the molecule is CC(=O)c1ccc(N2CCN(C(=O)C(c3ccccc3)n3cnc(NC(=O)C(COCc4ccccc4)NC(=O)C(C)(C)NC(=O)OC(C)(C)C)c3)CC2)cc1. The molecule has 0 saturated carbocycles. The number of carbonyl (C=O) groups is 5. The summed E-state index contributed by atoms with van der Waals surface area (Å²) in [6.45, 7) is 11.9. The minimum atomic E-state index is -1.45. The predicted octanol–water partition coefficient (Wildman–Crippen LogP) is 4.97. The Kier molecular flexibility index (Phi) is 13.3. The second-order valence-corrected chi connectivity index (χ2v) is 15.2. The summed E-state index contributed by atoms with van der Waals surface area (Å²) in [5, 5.41) is 8.04. The zero-order valence-corrected chi connectivity index (χ0v) is 32.8. The van der Waals surface area contributed by atoms with Crippen molar-refractivity contribution in [3.8, 4) is 0 Å². The van der Waals surface area contributed by atoms with Crippen molar-refractivity contribution in [3.05, 3.63) is 114 Å². The number of carbonyl (C=O) groups excluding carboxylic acids is 5. The first kappa shape index (κ1) is 41.1. The van der Waals surface area contributed by atoms with E-state index in [2.05, 4.69) is 25.8 Å². The van der Waals surface area contributed by atoms with Gasteiger partial charge in [-0.2, -0.15) is 0 Å². The Bertz CT molecular complexity index is 1970. The van der Waals surface area contributed by atoms with E-state index in [1.165, 1.54) is 27.1 Å². The largest absolute Gasteiger partial charge is 0.444 e. The van der Waals surface area contributed by atoms with Crippen LogP contribution in [-0.4, -0.2) is 94.0 Å². The molecule has 4 aromatic rings. The number of ketones is 1. The van der Waals surface area contributed by atoms with Gasteiger partial charge >= 0.3 is 6.09 Å². The van der Waals surface area contributed by atoms with E-state index in [0.717, 1.165) is 16.8 Å². The van der Waals surface area contributed by atoms with E-state index in [9.17, 15) is 24.0 Å². The van der Waals surface area contributed by atoms with Crippen molar-refractivity contribution in [1.82, 2.24) is 25.1 Å². The van der Waals surface area contributed by atoms with E-state index < -0.39 is 41.1 Å². The van der Waals surface area contributed by atoms with Crippen LogP contribution in [0.15, 0.2) is 97.5 Å². The lowest BCUT2D eigenvalue weighted by molar-refractivity contribution is -0.134. The highest BCUT2D eigenvalue weighted by atomic mass is 16.6. The van der Waals surface area contributed by atoms with Crippen LogP contribution in [0.3, 0.4) is 0 Å². The zero-order chi connectivity index (χ0) is 40.5. The molecular weight excluding hydrogens is 715 g/mol. The molecule has 0 spiro atoms. The molecular formula is C42H51N7O7. The average molecular weight is 766 g/mol. The van der Waals surface area contributed by atoms with E-state index in [4.69, 9.17) is 9.47 Å². The van der Waals surface area contributed by atoms with Crippen molar-refractivity contribution in [2.45, 2.75) is 71.4 Å². The zero-order valence-electron chi connectivity index (χ0n) is 32.8. The molecule has 1 fully saturated rings. The summed E-state index contributed by atoms with van der Waals surface area (Å²) < 4.78 is 12.9. The highest BCUT2D eigenvalue weighted by Crippen LogP contribution is 2.25. The third kappa shape index (κ3) is 11.3. The number of amides is 4. The third-order valence-corrected chi connectivity index (χ3v) is 9.13. The van der Waals surface area contributed by atoms with E-state index >= 15 is 0 Å². The molecule has 14 nitrogen and oxygen atoms in total. The highest BCUT2D eigenvalue weighted by Gasteiger charge is 2.35. The Labute approximate surface area is 327 Å². The summed E-state index contributed by atoms with van der Waals surface area (Å²) in [6.07, 6.45) is 2.29. The van der Waals surface area contributed by atoms with Gasteiger partial charge in [-0.3, -0.25) is 19.2 Å². The molecule has 2 unspecified atom stereocenters. The standard InChI is InChI=1S/C42H51N7O7/c1-29(50)31-17-19-33(20-18-31)47-21-23-48(24-22-47)38(52)36(32-15-11-8-12-16-32)49-25-35(43-28-49)45-37(51)34(27-55-26-30-13-9-7-10-14-30)44-39(53)42(5,6)46-40(54)56-41(2,3)4/h7-20,25,28,34,36H,21-24,26-27H2,1-6H3,(H,44,53)(H,45,51)(H,46,54). The van der Waals surface area contributed by atoms with Gasteiger partial charge in [0.05, 0.1) is 19.5 Å². The fourth-order valence-electron chi connectivity index (χ4n) is 6.10. The van der Waals surface area contributed by atoms with Crippen LogP contribution in [0.1, 0.15) is 69.1 Å². The number of aromatic nitrogens is 2. The predicted molar refractivity (Wildman–Crippen MR) is 212 cm³/mol. The first-order valence-electron chi connectivity index (χ1n) is 18.6. The molecule has 5 rings (SSSR count). The van der Waals surface area contributed by atoms with Crippen LogP contribution in [0.25, 0.3) is 0 Å². The first-order chi connectivity index (χ1) is 26.6. The van der Waals surface area contributed by atoms with Gasteiger partial charge in [0.15, 0.2) is 11.6 Å². The van der Waals surface area contributed by atoms with Crippen molar-refractivity contribution in [1.29, 1.82) is 0 Å². The van der Waals surface area contributed by atoms with Crippen molar-refractivity contribution in [2.24, 2.45) is 0 Å². The van der Waals surface area contributed by atoms with Crippen LogP contribution in [0.5, 0.6) is 0 Å². The summed E-state index contributed by atoms with van der Waals surface area (Å²) in [6, 6.07) is 24.3. The normalized spacial score (nSPS) is 14.3. The minimum Gasteiger partial charge on any atom is -0.444 e. The highest BCUT2D eigenvalue weighted by molar-refractivity contribution is 5.99. The summed E-state index contributed by atoms with van der Waals surface area (Å²) in [4.78, 5) is 74.2. The Morgan fingerprint density at radius 3 is 2.05 bits per heavy atom. The van der Waals surface area contributed by atoms with Crippen LogP contribution in [0.2, 0.25) is 0 Å². The topological polar surface area (TPSA) is 164 Å². The van der Waals surface area contributed by atoms with Gasteiger partial charge in [0.2, 0.25) is 11.8 Å². The maximum absolute atomic E-state index is 14.2. The van der Waals surface area contributed by atoms with Gasteiger partial charge in [-0.25, -0.2) is 9.78 Å². The Hall–Kier alpha value is -6.02. The summed E-state index contributed by atoms with van der Waals surface area (Å²) >= 11 is 0. The average Bonchev–Trinajstić information content (AvgIpc) is 3.61. The summed E-state index contributed by atoms with van der Waals surface area (Å²) in [5.74, 6) is -1.21. The molecule has 1 saturated heterocycles. The Morgan fingerprint density at radius 1 is 0.821 bits per heavy atom. The van der Waals surface area contributed by atoms with Crippen LogP contribution in [0, 0.1) is 0 Å². The molecule has 0 aliphatic carbocycles. The molecule has 0 radical (unpaired) electrons. The number of hydrogen-bond acceptors (Lipinski definition) is 9. The number of anilines is 2. The molecule has 4 amide bonds. The number of Topliss-reactive ketones (excluding diaryl/α,β-unsaturated/α-hetero) is 1. The minimum absolute atomic E-state index is 0.00863. The lowest BCUT2D eigenvalue weighted by Gasteiger charge is -2.37. The summed E-state index contributed by atoms with van der Waals surface area (Å²) in [7, 11) is 0. The van der Waals surface area contributed by atoms with Gasteiger partial charge in [0, 0.05) is 43.6 Å². The van der Waals surface area contributed by atoms with Crippen molar-refractivity contribution < 1.29 is 33.4 Å². The van der Waals surface area contributed by atoms with E-state index in [-0.39, 0.29) is 30.7 Å². The van der Waals surface area contributed by atoms with Crippen molar-refractivity contribution in [2.75, 3.05) is 43.0 Å². The molecule has 1 aromatic heterocycles. The second kappa shape index (κ2) is 18.1. The monoisotopic (exact) mass is 765 g/mol. The van der Waals surface area contributed by atoms with Crippen LogP contribution in [-0.2, 0) is 30.5 Å². The van der Waals surface area contributed by atoms with Gasteiger partial charge in [-0.15, -0.1) is 0 Å². The number of benzene rings is 3. The first-order valence-corrected chi connectivity index (χ1v) is 18.6. The fourth-order valence-corrected chi connectivity index (χ4v) is 6.10. The van der Waals surface area contributed by atoms with Crippen molar-refractivity contribution in [3.63, 3.8) is 0 Å². The molecule has 2 atom stereocenters. The number of piperazine rings is 1. The molecule has 3 aromatic carbocycles. The number of nitrogens with one attached hydrogen (secondary N) is 3. The Balaban J connectivity index is 1.29. The summed E-state index contributed by atoms with van der Waals surface area (Å²) in [5.41, 5.74) is 1.03. The van der Waals surface area contributed by atoms with Gasteiger partial charge in [-0.1, -0.05) is 60.7 Å². The number of rotatable bonds is 14. The number of ether oxygens (including phenoxy) is 2. The number of imidazole rings is 1. The quantitative estimate of drug-likeness (QED) is 0.151. The van der Waals surface area contributed by atoms with E-state index in [1.54, 1.807) is 31.5 Å². The number of hydrogen-bond donors (Lipinski definition) is 3. The molecule has 56 heavy (non-hydrogen) atoms. The molecule has 3 N–H and O–H groups in total. The van der Waals surface area contributed by atoms with E-state index in [1.807, 2.05) is 89.8 Å². The maximum Gasteiger partial charge on any atom is 0.408 e. The Morgan fingerprint density at radius 2 is 1.45 bits per heavy atom. The van der Waals surface area contributed by atoms with Gasteiger partial charge in [0.25, 0.3) is 5.91 Å².